The molecule has 0 spiro atoms. The zero-order valence-electron chi connectivity index (χ0n) is 17.5. The van der Waals surface area contributed by atoms with Crippen LogP contribution in [0.3, 0.4) is 0 Å². The molecule has 0 saturated carbocycles. The summed E-state index contributed by atoms with van der Waals surface area (Å²) in [5.74, 6) is -1.15. The zero-order valence-corrected chi connectivity index (χ0v) is 20.7. The van der Waals surface area contributed by atoms with E-state index in [4.69, 9.17) is 16.3 Å². The van der Waals surface area contributed by atoms with Crippen LogP contribution in [0.1, 0.15) is 17.3 Å². The van der Waals surface area contributed by atoms with Crippen LogP contribution in [-0.2, 0) is 19.6 Å². The lowest BCUT2D eigenvalue weighted by atomic mass is 10.2. The first-order chi connectivity index (χ1) is 15.7. The van der Waals surface area contributed by atoms with Crippen molar-refractivity contribution in [2.45, 2.75) is 11.8 Å². The third-order valence-corrected chi connectivity index (χ3v) is 7.06. The van der Waals surface area contributed by atoms with E-state index in [2.05, 4.69) is 21.2 Å². The van der Waals surface area contributed by atoms with E-state index >= 15 is 0 Å². The molecular weight excluding hydrogens is 532 g/mol. The van der Waals surface area contributed by atoms with Gasteiger partial charge in [0.1, 0.15) is 6.54 Å². The Bertz CT molecular complexity index is 1270. The van der Waals surface area contributed by atoms with Crippen molar-refractivity contribution in [2.24, 2.45) is 0 Å². The standard InChI is InChI=1S/C23H20BrClN2O5S/c1-2-32-23(29)16-11-12-21(20(25)13-16)26-22(28)15-27(18-8-6-7-17(24)14-18)33(30,31)19-9-4-3-5-10-19/h3-14H,2,15H2,1H3,(H,26,28). The van der Waals surface area contributed by atoms with Crippen LogP contribution in [0.5, 0.6) is 0 Å². The minimum Gasteiger partial charge on any atom is -0.462 e. The minimum absolute atomic E-state index is 0.0506. The Balaban J connectivity index is 1.88. The molecule has 0 aliphatic carbocycles. The number of benzene rings is 3. The molecule has 0 atom stereocenters. The van der Waals surface area contributed by atoms with Gasteiger partial charge in [0, 0.05) is 4.47 Å². The lowest BCUT2D eigenvalue weighted by Gasteiger charge is -2.24. The summed E-state index contributed by atoms with van der Waals surface area (Å²) in [6.07, 6.45) is 0. The lowest BCUT2D eigenvalue weighted by molar-refractivity contribution is -0.114. The van der Waals surface area contributed by atoms with Crippen molar-refractivity contribution in [2.75, 3.05) is 22.8 Å². The van der Waals surface area contributed by atoms with Crippen molar-refractivity contribution < 1.29 is 22.7 Å². The quantitative estimate of drug-likeness (QED) is 0.393. The molecule has 0 aliphatic rings. The van der Waals surface area contributed by atoms with Gasteiger partial charge in [0.15, 0.2) is 0 Å². The van der Waals surface area contributed by atoms with Crippen LogP contribution >= 0.6 is 27.5 Å². The maximum absolute atomic E-state index is 13.3. The van der Waals surface area contributed by atoms with E-state index in [1.54, 1.807) is 49.4 Å². The van der Waals surface area contributed by atoms with Crippen molar-refractivity contribution in [1.29, 1.82) is 0 Å². The van der Waals surface area contributed by atoms with Gasteiger partial charge in [0.05, 0.1) is 33.5 Å². The summed E-state index contributed by atoms with van der Waals surface area (Å²) in [4.78, 5) is 24.8. The molecule has 0 saturated heterocycles. The number of halogens is 2. The van der Waals surface area contributed by atoms with Gasteiger partial charge in [0.2, 0.25) is 5.91 Å². The van der Waals surface area contributed by atoms with Crippen LogP contribution in [0, 0.1) is 0 Å². The number of amides is 1. The van der Waals surface area contributed by atoms with Crippen LogP contribution in [0.25, 0.3) is 0 Å². The highest BCUT2D eigenvalue weighted by Gasteiger charge is 2.27. The van der Waals surface area contributed by atoms with Gasteiger partial charge >= 0.3 is 5.97 Å². The summed E-state index contributed by atoms with van der Waals surface area (Å²) in [6, 6.07) is 18.8. The Kier molecular flexibility index (Phi) is 8.12. The van der Waals surface area contributed by atoms with Gasteiger partial charge in [-0.3, -0.25) is 9.10 Å². The van der Waals surface area contributed by atoms with Gasteiger partial charge in [-0.2, -0.15) is 0 Å². The number of hydrogen-bond acceptors (Lipinski definition) is 5. The maximum Gasteiger partial charge on any atom is 0.338 e. The molecule has 0 unspecified atom stereocenters. The molecule has 7 nitrogen and oxygen atoms in total. The van der Waals surface area contributed by atoms with Crippen LogP contribution in [0.15, 0.2) is 82.2 Å². The smallest absolute Gasteiger partial charge is 0.338 e. The monoisotopic (exact) mass is 550 g/mol. The Labute approximate surface area is 205 Å². The maximum atomic E-state index is 13.3. The second kappa shape index (κ2) is 10.8. The first kappa shape index (κ1) is 24.8. The summed E-state index contributed by atoms with van der Waals surface area (Å²) < 4.78 is 33.3. The molecule has 0 fully saturated rings. The fourth-order valence-electron chi connectivity index (χ4n) is 2.94. The minimum atomic E-state index is -4.04. The number of carbonyl (C=O) groups is 2. The van der Waals surface area contributed by atoms with Gasteiger partial charge in [-0.1, -0.05) is 51.8 Å². The molecule has 3 aromatic rings. The number of ether oxygens (including phenoxy) is 1. The van der Waals surface area contributed by atoms with Crippen molar-refractivity contribution in [3.63, 3.8) is 0 Å². The second-order valence-corrected chi connectivity index (χ2v) is 9.95. The molecule has 0 aliphatic heterocycles. The second-order valence-electron chi connectivity index (χ2n) is 6.77. The number of anilines is 2. The summed E-state index contributed by atoms with van der Waals surface area (Å²) in [5, 5.41) is 2.73. The third-order valence-electron chi connectivity index (χ3n) is 4.47. The number of sulfonamides is 1. The molecule has 172 valence electrons. The van der Waals surface area contributed by atoms with Crippen molar-refractivity contribution in [3.8, 4) is 0 Å². The van der Waals surface area contributed by atoms with Crippen molar-refractivity contribution >= 4 is 60.8 Å². The number of carbonyl (C=O) groups excluding carboxylic acids is 2. The summed E-state index contributed by atoms with van der Waals surface area (Å²) >= 11 is 9.55. The zero-order chi connectivity index (χ0) is 24.0. The molecule has 1 amide bonds. The molecule has 3 aromatic carbocycles. The molecule has 1 N–H and O–H groups in total. The Morgan fingerprint density at radius 1 is 1.03 bits per heavy atom. The van der Waals surface area contributed by atoms with Crippen molar-refractivity contribution in [1.82, 2.24) is 0 Å². The number of rotatable bonds is 8. The van der Waals surface area contributed by atoms with E-state index in [-0.39, 0.29) is 27.8 Å². The SMILES string of the molecule is CCOC(=O)c1ccc(NC(=O)CN(c2cccc(Br)c2)S(=O)(=O)c2ccccc2)c(Cl)c1. The van der Waals surface area contributed by atoms with E-state index in [9.17, 15) is 18.0 Å². The van der Waals surface area contributed by atoms with Gasteiger partial charge in [-0.05, 0) is 55.5 Å². The predicted octanol–water partition coefficient (Wildman–Crippen LogP) is 5.11. The molecular formula is C23H20BrClN2O5S. The number of hydrogen-bond donors (Lipinski definition) is 1. The molecule has 0 radical (unpaired) electrons. The molecule has 0 aromatic heterocycles. The number of nitrogens with one attached hydrogen (secondary N) is 1. The van der Waals surface area contributed by atoms with Gasteiger partial charge < -0.3 is 10.1 Å². The average Bonchev–Trinajstić information content (AvgIpc) is 2.79. The predicted molar refractivity (Wildman–Crippen MR) is 131 cm³/mol. The molecule has 0 heterocycles. The Morgan fingerprint density at radius 3 is 2.39 bits per heavy atom. The molecule has 33 heavy (non-hydrogen) atoms. The van der Waals surface area contributed by atoms with Crippen molar-refractivity contribution in [3.05, 3.63) is 87.9 Å². The van der Waals surface area contributed by atoms with E-state index < -0.39 is 28.4 Å². The van der Waals surface area contributed by atoms with Gasteiger partial charge in [0.25, 0.3) is 10.0 Å². The molecule has 10 heteroatoms. The van der Waals surface area contributed by atoms with Gasteiger partial charge in [-0.25, -0.2) is 13.2 Å². The van der Waals surface area contributed by atoms with Gasteiger partial charge in [-0.15, -0.1) is 0 Å². The van der Waals surface area contributed by atoms with Crippen LogP contribution < -0.4 is 9.62 Å². The molecule has 0 bridgehead atoms. The van der Waals surface area contributed by atoms with Crippen LogP contribution in [0.4, 0.5) is 11.4 Å². The first-order valence-electron chi connectivity index (χ1n) is 9.82. The lowest BCUT2D eigenvalue weighted by Crippen LogP contribution is -2.38. The third kappa shape index (κ3) is 6.13. The summed E-state index contributed by atoms with van der Waals surface area (Å²) in [6.45, 7) is 1.41. The summed E-state index contributed by atoms with van der Waals surface area (Å²) in [5.41, 5.74) is 0.787. The fourth-order valence-corrected chi connectivity index (χ4v) is 4.99. The van der Waals surface area contributed by atoms with E-state index in [1.165, 1.54) is 30.3 Å². The highest BCUT2D eigenvalue weighted by molar-refractivity contribution is 9.10. The first-order valence-corrected chi connectivity index (χ1v) is 12.4. The van der Waals surface area contributed by atoms with E-state index in [0.717, 1.165) is 4.31 Å². The summed E-state index contributed by atoms with van der Waals surface area (Å²) in [7, 11) is -4.04. The Morgan fingerprint density at radius 2 is 1.76 bits per heavy atom. The normalized spacial score (nSPS) is 11.0. The topological polar surface area (TPSA) is 92.8 Å². The highest BCUT2D eigenvalue weighted by atomic mass is 79.9. The number of esters is 1. The van der Waals surface area contributed by atoms with E-state index in [1.807, 2.05) is 0 Å². The van der Waals surface area contributed by atoms with Crippen LogP contribution in [-0.4, -0.2) is 33.4 Å². The van der Waals surface area contributed by atoms with E-state index in [0.29, 0.717) is 10.2 Å². The largest absolute Gasteiger partial charge is 0.462 e. The number of nitrogens with zero attached hydrogens (tertiary/aromatic N) is 1. The highest BCUT2D eigenvalue weighted by Crippen LogP contribution is 2.27. The molecule has 3 rings (SSSR count). The Hall–Kier alpha value is -2.88. The van der Waals surface area contributed by atoms with Crippen LogP contribution in [0.2, 0.25) is 5.02 Å². The average molecular weight is 552 g/mol. The fraction of sp³-hybridized carbons (Fsp3) is 0.130.